The number of nitrogens with zero attached hydrogens (tertiary/aromatic N) is 1. The minimum atomic E-state index is -3.87. The third kappa shape index (κ3) is 4.83. The Bertz CT molecular complexity index is 839. The molecule has 0 fully saturated rings. The lowest BCUT2D eigenvalue weighted by molar-refractivity contribution is 0.136. The van der Waals surface area contributed by atoms with Gasteiger partial charge >= 0.3 is 0 Å². The van der Waals surface area contributed by atoms with Crippen LogP contribution in [0.2, 0.25) is 0 Å². The van der Waals surface area contributed by atoms with Gasteiger partial charge < -0.3 is 9.84 Å². The van der Waals surface area contributed by atoms with Crippen LogP contribution in [0.15, 0.2) is 14.5 Å². The molecule has 11 heteroatoms. The Morgan fingerprint density at radius 2 is 2.04 bits per heavy atom. The van der Waals surface area contributed by atoms with E-state index in [4.69, 9.17) is 4.74 Å². The van der Waals surface area contributed by atoms with Crippen molar-refractivity contribution in [3.05, 3.63) is 11.6 Å². The summed E-state index contributed by atoms with van der Waals surface area (Å²) in [6.45, 7) is 5.80. The van der Waals surface area contributed by atoms with Crippen molar-refractivity contribution >= 4 is 31.4 Å². The molecule has 2 N–H and O–H groups in total. The highest BCUT2D eigenvalue weighted by Crippen LogP contribution is 2.40. The van der Waals surface area contributed by atoms with Crippen molar-refractivity contribution in [3.63, 3.8) is 0 Å². The van der Waals surface area contributed by atoms with Crippen LogP contribution in [0, 0.1) is 0 Å². The Morgan fingerprint density at radius 1 is 1.38 bits per heavy atom. The van der Waals surface area contributed by atoms with Crippen molar-refractivity contribution in [2.75, 3.05) is 26.8 Å². The van der Waals surface area contributed by atoms with E-state index in [2.05, 4.69) is 4.72 Å². The highest BCUT2D eigenvalue weighted by atomic mass is 32.3. The van der Waals surface area contributed by atoms with Gasteiger partial charge in [0.1, 0.15) is 8.42 Å². The van der Waals surface area contributed by atoms with Gasteiger partial charge in [0.15, 0.2) is 0 Å². The summed E-state index contributed by atoms with van der Waals surface area (Å²) in [4.78, 5) is 0. The Balaban J connectivity index is 2.32. The molecule has 1 aliphatic heterocycles. The minimum absolute atomic E-state index is 0.0781. The van der Waals surface area contributed by atoms with Crippen LogP contribution in [-0.2, 0) is 24.8 Å². The molecule has 2 rings (SSSR count). The highest BCUT2D eigenvalue weighted by molar-refractivity contribution is 7.94. The van der Waals surface area contributed by atoms with Gasteiger partial charge in [0.25, 0.3) is 20.0 Å². The molecule has 8 nitrogen and oxygen atoms in total. The summed E-state index contributed by atoms with van der Waals surface area (Å²) >= 11 is 0.676. The van der Waals surface area contributed by atoms with Gasteiger partial charge in [-0.2, -0.15) is 4.31 Å². The van der Waals surface area contributed by atoms with Gasteiger partial charge in [-0.3, -0.25) is 0 Å². The van der Waals surface area contributed by atoms with Gasteiger partial charge in [0.2, 0.25) is 0 Å². The van der Waals surface area contributed by atoms with E-state index in [0.29, 0.717) is 30.8 Å². The molecule has 0 aliphatic carbocycles. The van der Waals surface area contributed by atoms with Gasteiger partial charge in [-0.1, -0.05) is 0 Å². The summed E-state index contributed by atoms with van der Waals surface area (Å²) < 4.78 is 59.1. The van der Waals surface area contributed by atoms with Gasteiger partial charge in [-0.05, 0) is 39.7 Å². The van der Waals surface area contributed by atoms with E-state index >= 15 is 0 Å². The molecular formula is C15H26N2O6S3. The molecule has 0 aromatic carbocycles. The van der Waals surface area contributed by atoms with Crippen molar-refractivity contribution in [1.82, 2.24) is 9.03 Å². The standard InChI is InChI=1S/C15H26N2O6S3/c1-15(2,3)16-25(19,20)13-9-11-12(18)10-17(7-5-6-8-23-4)26(21,22)14(11)24-13/h9,12,16,18H,5-8,10H2,1-4H3/t12-/m1/s1. The van der Waals surface area contributed by atoms with Crippen molar-refractivity contribution in [2.45, 2.75) is 53.7 Å². The van der Waals surface area contributed by atoms with E-state index < -0.39 is 31.7 Å². The van der Waals surface area contributed by atoms with E-state index in [9.17, 15) is 21.9 Å². The molecule has 26 heavy (non-hydrogen) atoms. The number of methoxy groups -OCH3 is 1. The number of aliphatic hydroxyl groups is 1. The molecule has 0 amide bonds. The van der Waals surface area contributed by atoms with Crippen LogP contribution in [0.5, 0.6) is 0 Å². The summed E-state index contributed by atoms with van der Waals surface area (Å²) in [5.74, 6) is 0. The number of hydrogen-bond donors (Lipinski definition) is 2. The molecule has 1 aliphatic rings. The SMILES string of the molecule is COCCCCN1C[C@@H](O)c2cc(S(=O)(=O)NC(C)(C)C)sc2S1(=O)=O. The van der Waals surface area contributed by atoms with E-state index in [0.717, 1.165) is 0 Å². The number of β-amino-alcohol motifs (C(OH)–C–C–N with tert-alkyl or cyclic N) is 1. The average molecular weight is 427 g/mol. The lowest BCUT2D eigenvalue weighted by Gasteiger charge is -2.29. The van der Waals surface area contributed by atoms with Crippen molar-refractivity contribution in [2.24, 2.45) is 0 Å². The monoisotopic (exact) mass is 426 g/mol. The minimum Gasteiger partial charge on any atom is -0.387 e. The summed E-state index contributed by atoms with van der Waals surface area (Å²) in [5.41, 5.74) is -0.550. The summed E-state index contributed by atoms with van der Waals surface area (Å²) in [7, 11) is -6.12. The fraction of sp³-hybridized carbons (Fsp3) is 0.733. The number of thiophene rings is 1. The predicted octanol–water partition coefficient (Wildman–Crippen LogP) is 1.29. The topological polar surface area (TPSA) is 113 Å². The molecule has 0 spiro atoms. The highest BCUT2D eigenvalue weighted by Gasteiger charge is 2.39. The maximum atomic E-state index is 12.8. The van der Waals surface area contributed by atoms with E-state index in [1.807, 2.05) is 0 Å². The molecule has 0 unspecified atom stereocenters. The number of ether oxygens (including phenoxy) is 1. The molecule has 0 bridgehead atoms. The van der Waals surface area contributed by atoms with Gasteiger partial charge in [0, 0.05) is 37.9 Å². The number of fused-ring (bicyclic) bond motifs is 1. The third-order valence-corrected chi connectivity index (χ3v) is 9.50. The van der Waals surface area contributed by atoms with Crippen LogP contribution in [0.25, 0.3) is 0 Å². The number of sulfonamides is 2. The predicted molar refractivity (Wildman–Crippen MR) is 99.2 cm³/mol. The number of nitrogens with one attached hydrogen (secondary N) is 1. The second-order valence-corrected chi connectivity index (χ2v) is 12.3. The Kier molecular flexibility index (Phi) is 6.54. The molecule has 0 saturated carbocycles. The smallest absolute Gasteiger partial charge is 0.253 e. The van der Waals surface area contributed by atoms with Crippen LogP contribution < -0.4 is 4.72 Å². The Hall–Kier alpha value is -0.560. The average Bonchev–Trinajstić information content (AvgIpc) is 2.94. The zero-order valence-corrected chi connectivity index (χ0v) is 17.8. The first-order valence-corrected chi connectivity index (χ1v) is 12.0. The first-order valence-electron chi connectivity index (χ1n) is 8.23. The number of unbranched alkanes of at least 4 members (excludes halogenated alkanes) is 1. The van der Waals surface area contributed by atoms with Crippen molar-refractivity contribution in [3.8, 4) is 0 Å². The maximum absolute atomic E-state index is 12.8. The fourth-order valence-corrected chi connectivity index (χ4v) is 7.92. The lowest BCUT2D eigenvalue weighted by atomic mass is 10.1. The molecule has 150 valence electrons. The fourth-order valence-electron chi connectivity index (χ4n) is 2.64. The van der Waals surface area contributed by atoms with Crippen LogP contribution in [0.4, 0.5) is 0 Å². The Morgan fingerprint density at radius 3 is 2.62 bits per heavy atom. The second-order valence-electron chi connectivity index (χ2n) is 7.24. The Labute approximate surface area is 159 Å². The molecule has 1 aromatic rings. The molecule has 1 atom stereocenters. The molecular weight excluding hydrogens is 400 g/mol. The lowest BCUT2D eigenvalue weighted by Crippen LogP contribution is -2.40. The first kappa shape index (κ1) is 21.7. The molecule has 0 radical (unpaired) electrons. The zero-order chi connectivity index (χ0) is 19.8. The van der Waals surface area contributed by atoms with E-state index in [1.165, 1.54) is 10.4 Å². The quantitative estimate of drug-likeness (QED) is 0.635. The maximum Gasteiger partial charge on any atom is 0.253 e. The third-order valence-electron chi connectivity index (χ3n) is 3.72. The number of aliphatic hydroxyl groups excluding tert-OH is 1. The van der Waals surface area contributed by atoms with Crippen molar-refractivity contribution < 1.29 is 26.7 Å². The number of rotatable bonds is 7. The summed E-state index contributed by atoms with van der Waals surface area (Å²) in [6, 6.07) is 1.26. The zero-order valence-electron chi connectivity index (χ0n) is 15.4. The van der Waals surface area contributed by atoms with Crippen LogP contribution in [-0.4, -0.2) is 58.6 Å². The summed E-state index contributed by atoms with van der Waals surface area (Å²) in [5, 5.41) is 10.3. The first-order chi connectivity index (χ1) is 11.9. The number of hydrogen-bond acceptors (Lipinski definition) is 7. The molecule has 0 saturated heterocycles. The largest absolute Gasteiger partial charge is 0.387 e. The van der Waals surface area contributed by atoms with E-state index in [-0.39, 0.29) is 27.1 Å². The second kappa shape index (κ2) is 7.82. The summed E-state index contributed by atoms with van der Waals surface area (Å²) in [6.07, 6.45) is 0.244. The van der Waals surface area contributed by atoms with Gasteiger partial charge in [0.05, 0.1) is 6.10 Å². The van der Waals surface area contributed by atoms with Gasteiger partial charge in [-0.25, -0.2) is 21.6 Å². The van der Waals surface area contributed by atoms with Gasteiger partial charge in [-0.15, -0.1) is 11.3 Å². The van der Waals surface area contributed by atoms with E-state index in [1.54, 1.807) is 27.9 Å². The van der Waals surface area contributed by atoms with Crippen LogP contribution >= 0.6 is 11.3 Å². The normalized spacial score (nSPS) is 20.9. The van der Waals surface area contributed by atoms with Crippen LogP contribution in [0.1, 0.15) is 45.3 Å². The van der Waals surface area contributed by atoms with Crippen molar-refractivity contribution in [1.29, 1.82) is 0 Å². The molecule has 1 aromatic heterocycles. The van der Waals surface area contributed by atoms with Crippen LogP contribution in [0.3, 0.4) is 0 Å². The molecule has 2 heterocycles.